The van der Waals surface area contributed by atoms with E-state index in [-0.39, 0.29) is 5.91 Å². The van der Waals surface area contributed by atoms with Crippen LogP contribution in [0.1, 0.15) is 51.6 Å². The molecule has 0 saturated carbocycles. The number of anilines is 1. The van der Waals surface area contributed by atoms with Gasteiger partial charge in [0.15, 0.2) is 0 Å². The van der Waals surface area contributed by atoms with E-state index in [4.69, 9.17) is 0 Å². The number of hydrogen-bond acceptors (Lipinski definition) is 4. The molecule has 1 amide bonds. The SMILES string of the molecule is Cc1cc(N2CCN(C(=O)CC(C)C)CC2)nc(C(C)C)n1. The molecule has 1 aromatic rings. The van der Waals surface area contributed by atoms with Gasteiger partial charge in [0.2, 0.25) is 5.91 Å². The minimum Gasteiger partial charge on any atom is -0.353 e. The third-order valence-corrected chi connectivity index (χ3v) is 3.91. The molecule has 122 valence electrons. The third-order valence-electron chi connectivity index (χ3n) is 3.91. The molecular formula is C17H28N4O. The van der Waals surface area contributed by atoms with Crippen molar-refractivity contribution in [2.45, 2.75) is 47.0 Å². The van der Waals surface area contributed by atoms with E-state index in [9.17, 15) is 4.79 Å². The van der Waals surface area contributed by atoms with Gasteiger partial charge in [0.25, 0.3) is 0 Å². The Bertz CT molecular complexity index is 519. The molecule has 0 bridgehead atoms. The highest BCUT2D eigenvalue weighted by molar-refractivity contribution is 5.76. The second-order valence-electron chi connectivity index (χ2n) is 6.85. The number of piperazine rings is 1. The van der Waals surface area contributed by atoms with Gasteiger partial charge in [-0.3, -0.25) is 4.79 Å². The van der Waals surface area contributed by atoms with Crippen molar-refractivity contribution in [1.29, 1.82) is 0 Å². The Kier molecular flexibility index (Phi) is 5.37. The molecule has 1 saturated heterocycles. The maximum Gasteiger partial charge on any atom is 0.222 e. The van der Waals surface area contributed by atoms with Gasteiger partial charge in [-0.15, -0.1) is 0 Å². The number of rotatable bonds is 4. The van der Waals surface area contributed by atoms with E-state index in [1.165, 1.54) is 0 Å². The Balaban J connectivity index is 2.01. The van der Waals surface area contributed by atoms with Crippen molar-refractivity contribution < 1.29 is 4.79 Å². The van der Waals surface area contributed by atoms with E-state index < -0.39 is 0 Å². The van der Waals surface area contributed by atoms with Crippen LogP contribution in [0, 0.1) is 12.8 Å². The first-order chi connectivity index (χ1) is 10.4. The summed E-state index contributed by atoms with van der Waals surface area (Å²) in [7, 11) is 0. The molecule has 1 fully saturated rings. The molecule has 2 heterocycles. The molecule has 5 nitrogen and oxygen atoms in total. The molecule has 1 aromatic heterocycles. The standard InChI is InChI=1S/C17H28N4O/c1-12(2)10-16(22)21-8-6-20(7-9-21)15-11-14(5)18-17(19-15)13(3)4/h11-13H,6-10H2,1-5H3. The zero-order chi connectivity index (χ0) is 16.3. The zero-order valence-electron chi connectivity index (χ0n) is 14.5. The largest absolute Gasteiger partial charge is 0.353 e. The van der Waals surface area contributed by atoms with Crippen molar-refractivity contribution in [3.05, 3.63) is 17.6 Å². The summed E-state index contributed by atoms with van der Waals surface area (Å²) >= 11 is 0. The molecule has 2 rings (SSSR count). The fraction of sp³-hybridized carbons (Fsp3) is 0.706. The van der Waals surface area contributed by atoms with E-state index in [0.29, 0.717) is 18.3 Å². The molecule has 5 heteroatoms. The predicted molar refractivity (Wildman–Crippen MR) is 89.1 cm³/mol. The Hall–Kier alpha value is -1.65. The Morgan fingerprint density at radius 3 is 2.32 bits per heavy atom. The molecule has 0 aromatic carbocycles. The molecular weight excluding hydrogens is 276 g/mol. The molecule has 1 aliphatic heterocycles. The average Bonchev–Trinajstić information content (AvgIpc) is 2.46. The molecule has 0 atom stereocenters. The van der Waals surface area contributed by atoms with Gasteiger partial charge in [0, 0.05) is 50.3 Å². The fourth-order valence-electron chi connectivity index (χ4n) is 2.66. The minimum atomic E-state index is 0.274. The summed E-state index contributed by atoms with van der Waals surface area (Å²) in [5.74, 6) is 2.91. The second-order valence-corrected chi connectivity index (χ2v) is 6.85. The zero-order valence-corrected chi connectivity index (χ0v) is 14.5. The Morgan fingerprint density at radius 1 is 1.14 bits per heavy atom. The van der Waals surface area contributed by atoms with Crippen molar-refractivity contribution in [1.82, 2.24) is 14.9 Å². The molecule has 0 unspecified atom stereocenters. The predicted octanol–water partition coefficient (Wildman–Crippen LogP) is 2.60. The molecule has 0 aliphatic carbocycles. The Morgan fingerprint density at radius 2 is 1.77 bits per heavy atom. The van der Waals surface area contributed by atoms with Gasteiger partial charge in [-0.2, -0.15) is 0 Å². The molecule has 0 spiro atoms. The number of aryl methyl sites for hydroxylation is 1. The van der Waals surface area contributed by atoms with Gasteiger partial charge in [0.05, 0.1) is 0 Å². The maximum atomic E-state index is 12.1. The van der Waals surface area contributed by atoms with Crippen LogP contribution in [0.3, 0.4) is 0 Å². The maximum absolute atomic E-state index is 12.1. The summed E-state index contributed by atoms with van der Waals surface area (Å²) in [6.45, 7) is 13.7. The number of nitrogens with zero attached hydrogens (tertiary/aromatic N) is 4. The molecule has 22 heavy (non-hydrogen) atoms. The average molecular weight is 304 g/mol. The van der Waals surface area contributed by atoms with Gasteiger partial charge in [-0.25, -0.2) is 9.97 Å². The van der Waals surface area contributed by atoms with Crippen LogP contribution in [0.4, 0.5) is 5.82 Å². The number of amides is 1. The molecule has 1 aliphatic rings. The lowest BCUT2D eigenvalue weighted by Gasteiger charge is -2.36. The summed E-state index contributed by atoms with van der Waals surface area (Å²) in [6, 6.07) is 2.04. The highest BCUT2D eigenvalue weighted by atomic mass is 16.2. The third kappa shape index (κ3) is 4.18. The van der Waals surface area contributed by atoms with Crippen LogP contribution in [0.15, 0.2) is 6.07 Å². The lowest BCUT2D eigenvalue weighted by Crippen LogP contribution is -2.49. The number of aromatic nitrogens is 2. The van der Waals surface area contributed by atoms with Gasteiger partial charge in [-0.1, -0.05) is 27.7 Å². The van der Waals surface area contributed by atoms with Gasteiger partial charge < -0.3 is 9.80 Å². The lowest BCUT2D eigenvalue weighted by molar-refractivity contribution is -0.132. The fourth-order valence-corrected chi connectivity index (χ4v) is 2.66. The van der Waals surface area contributed by atoms with E-state index in [0.717, 1.165) is 43.5 Å². The normalized spacial score (nSPS) is 15.8. The summed E-state index contributed by atoms with van der Waals surface area (Å²) in [5.41, 5.74) is 1.01. The topological polar surface area (TPSA) is 49.3 Å². The smallest absolute Gasteiger partial charge is 0.222 e. The summed E-state index contributed by atoms with van der Waals surface area (Å²) in [5, 5.41) is 0. The van der Waals surface area contributed by atoms with Crippen LogP contribution in [-0.2, 0) is 4.79 Å². The second kappa shape index (κ2) is 7.07. The summed E-state index contributed by atoms with van der Waals surface area (Å²) in [6.07, 6.45) is 0.643. The first-order valence-corrected chi connectivity index (χ1v) is 8.25. The van der Waals surface area contributed by atoms with Crippen molar-refractivity contribution in [3.63, 3.8) is 0 Å². The van der Waals surface area contributed by atoms with E-state index >= 15 is 0 Å². The highest BCUT2D eigenvalue weighted by Gasteiger charge is 2.23. The molecule has 0 N–H and O–H groups in total. The van der Waals surface area contributed by atoms with Crippen LogP contribution in [0.5, 0.6) is 0 Å². The summed E-state index contributed by atoms with van der Waals surface area (Å²) in [4.78, 5) is 25.6. The quantitative estimate of drug-likeness (QED) is 0.858. The molecule has 0 radical (unpaired) electrons. The van der Waals surface area contributed by atoms with Gasteiger partial charge in [-0.05, 0) is 12.8 Å². The monoisotopic (exact) mass is 304 g/mol. The highest BCUT2D eigenvalue weighted by Crippen LogP contribution is 2.19. The van der Waals surface area contributed by atoms with Crippen LogP contribution in [0.2, 0.25) is 0 Å². The van der Waals surface area contributed by atoms with Crippen LogP contribution >= 0.6 is 0 Å². The van der Waals surface area contributed by atoms with Crippen LogP contribution < -0.4 is 4.90 Å². The van der Waals surface area contributed by atoms with Crippen molar-refractivity contribution in [2.75, 3.05) is 31.1 Å². The van der Waals surface area contributed by atoms with Gasteiger partial charge in [0.1, 0.15) is 11.6 Å². The number of carbonyl (C=O) groups is 1. The van der Waals surface area contributed by atoms with Crippen LogP contribution in [-0.4, -0.2) is 47.0 Å². The lowest BCUT2D eigenvalue weighted by atomic mass is 10.1. The minimum absolute atomic E-state index is 0.274. The van der Waals surface area contributed by atoms with Crippen LogP contribution in [0.25, 0.3) is 0 Å². The Labute approximate surface area is 133 Å². The van der Waals surface area contributed by atoms with E-state index in [1.807, 2.05) is 17.9 Å². The summed E-state index contributed by atoms with van der Waals surface area (Å²) < 4.78 is 0. The van der Waals surface area contributed by atoms with E-state index in [1.54, 1.807) is 0 Å². The first kappa shape index (κ1) is 16.7. The van der Waals surface area contributed by atoms with Crippen molar-refractivity contribution in [3.8, 4) is 0 Å². The van der Waals surface area contributed by atoms with Crippen molar-refractivity contribution >= 4 is 11.7 Å². The van der Waals surface area contributed by atoms with Gasteiger partial charge >= 0.3 is 0 Å². The van der Waals surface area contributed by atoms with Crippen molar-refractivity contribution in [2.24, 2.45) is 5.92 Å². The van der Waals surface area contributed by atoms with E-state index in [2.05, 4.69) is 42.6 Å². The number of hydrogen-bond donors (Lipinski definition) is 0. The first-order valence-electron chi connectivity index (χ1n) is 8.25. The number of carbonyl (C=O) groups excluding carboxylic acids is 1.